The first-order valence-electron chi connectivity index (χ1n) is 5.13. The van der Waals surface area contributed by atoms with Gasteiger partial charge in [-0.05, 0) is 11.6 Å². The Morgan fingerprint density at radius 1 is 1.62 bits per heavy atom. The number of methoxy groups -OCH3 is 1. The van der Waals surface area contributed by atoms with Gasteiger partial charge in [-0.1, -0.05) is 28.1 Å². The summed E-state index contributed by atoms with van der Waals surface area (Å²) in [6, 6.07) is 6.10. The van der Waals surface area contributed by atoms with Crippen molar-refractivity contribution in [2.75, 3.05) is 13.7 Å². The van der Waals surface area contributed by atoms with E-state index in [2.05, 4.69) is 20.7 Å². The van der Waals surface area contributed by atoms with E-state index in [1.54, 1.807) is 0 Å². The molecule has 1 aromatic carbocycles. The molecule has 0 amide bonds. The number of alkyl halides is 1. The Hall–Kier alpha value is -1.03. The fraction of sp³-hybridized carbons (Fsp3) is 0.417. The highest BCUT2D eigenvalue weighted by atomic mass is 79.9. The molecule has 0 fully saturated rings. The minimum Gasteiger partial charge on any atom is -0.493 e. The lowest BCUT2D eigenvalue weighted by Gasteiger charge is -2.06. The first kappa shape index (κ1) is 11.5. The topological polar surface area (TPSA) is 35.5 Å². The smallest absolute Gasteiger partial charge is 0.306 e. The lowest BCUT2D eigenvalue weighted by atomic mass is 9.97. The molecule has 0 N–H and O–H groups in total. The van der Waals surface area contributed by atoms with Crippen molar-refractivity contribution in [3.05, 3.63) is 29.3 Å². The SMILES string of the molecule is COC(=O)CC1COc2cc(CBr)ccc21. The maximum Gasteiger partial charge on any atom is 0.306 e. The van der Waals surface area contributed by atoms with E-state index in [0.29, 0.717) is 13.0 Å². The second kappa shape index (κ2) is 4.87. The summed E-state index contributed by atoms with van der Waals surface area (Å²) in [5.74, 6) is 0.837. The lowest BCUT2D eigenvalue weighted by Crippen LogP contribution is -2.09. The summed E-state index contributed by atoms with van der Waals surface area (Å²) in [6.07, 6.45) is 0.386. The van der Waals surface area contributed by atoms with E-state index in [1.807, 2.05) is 18.2 Å². The van der Waals surface area contributed by atoms with Gasteiger partial charge in [0, 0.05) is 16.8 Å². The van der Waals surface area contributed by atoms with Gasteiger partial charge in [-0.15, -0.1) is 0 Å². The molecule has 1 atom stereocenters. The van der Waals surface area contributed by atoms with Crippen LogP contribution in [0.5, 0.6) is 5.75 Å². The van der Waals surface area contributed by atoms with Crippen LogP contribution in [0.15, 0.2) is 18.2 Å². The Kier molecular flexibility index (Phi) is 3.49. The number of benzene rings is 1. The highest BCUT2D eigenvalue weighted by Crippen LogP contribution is 2.36. The predicted molar refractivity (Wildman–Crippen MR) is 63.9 cm³/mol. The van der Waals surface area contributed by atoms with Crippen molar-refractivity contribution in [1.29, 1.82) is 0 Å². The van der Waals surface area contributed by atoms with Crippen LogP contribution in [-0.4, -0.2) is 19.7 Å². The van der Waals surface area contributed by atoms with E-state index in [1.165, 1.54) is 12.7 Å². The van der Waals surface area contributed by atoms with Gasteiger partial charge >= 0.3 is 5.97 Å². The molecule has 2 rings (SSSR count). The minimum atomic E-state index is -0.189. The Balaban J connectivity index is 2.17. The van der Waals surface area contributed by atoms with Gasteiger partial charge in [0.05, 0.1) is 20.1 Å². The fourth-order valence-corrected chi connectivity index (χ4v) is 2.21. The number of carbonyl (C=O) groups is 1. The van der Waals surface area contributed by atoms with Crippen molar-refractivity contribution in [2.24, 2.45) is 0 Å². The first-order valence-corrected chi connectivity index (χ1v) is 6.25. The number of hydrogen-bond acceptors (Lipinski definition) is 3. The summed E-state index contributed by atoms with van der Waals surface area (Å²) in [4.78, 5) is 11.2. The number of hydrogen-bond donors (Lipinski definition) is 0. The Labute approximate surface area is 103 Å². The molecule has 0 saturated heterocycles. The van der Waals surface area contributed by atoms with Gasteiger partial charge in [-0.3, -0.25) is 4.79 Å². The molecule has 0 aliphatic carbocycles. The molecular formula is C12H13BrO3. The van der Waals surface area contributed by atoms with Gasteiger partial charge in [0.2, 0.25) is 0 Å². The minimum absolute atomic E-state index is 0.131. The fourth-order valence-electron chi connectivity index (χ4n) is 1.86. The number of ether oxygens (including phenoxy) is 2. The molecule has 3 nitrogen and oxygen atoms in total. The zero-order chi connectivity index (χ0) is 11.5. The van der Waals surface area contributed by atoms with Crippen LogP contribution in [-0.2, 0) is 14.9 Å². The van der Waals surface area contributed by atoms with E-state index in [4.69, 9.17) is 4.74 Å². The number of halogens is 1. The number of carbonyl (C=O) groups excluding carboxylic acids is 1. The molecule has 16 heavy (non-hydrogen) atoms. The van der Waals surface area contributed by atoms with Crippen LogP contribution in [0.4, 0.5) is 0 Å². The van der Waals surface area contributed by atoms with E-state index in [-0.39, 0.29) is 11.9 Å². The van der Waals surface area contributed by atoms with Gasteiger partial charge in [0.15, 0.2) is 0 Å². The molecule has 0 saturated carbocycles. The largest absolute Gasteiger partial charge is 0.493 e. The van der Waals surface area contributed by atoms with Crippen LogP contribution in [0, 0.1) is 0 Å². The van der Waals surface area contributed by atoms with Gasteiger partial charge in [0.1, 0.15) is 5.75 Å². The third-order valence-corrected chi connectivity index (χ3v) is 3.40. The molecule has 1 unspecified atom stereocenters. The molecule has 0 spiro atoms. The zero-order valence-corrected chi connectivity index (χ0v) is 10.6. The molecule has 0 aromatic heterocycles. The molecule has 86 valence electrons. The monoisotopic (exact) mass is 284 g/mol. The second-order valence-electron chi connectivity index (χ2n) is 3.79. The average Bonchev–Trinajstić information content (AvgIpc) is 2.71. The van der Waals surface area contributed by atoms with Crippen LogP contribution >= 0.6 is 15.9 Å². The maximum absolute atomic E-state index is 11.2. The molecule has 1 aliphatic rings. The maximum atomic E-state index is 11.2. The van der Waals surface area contributed by atoms with Crippen LogP contribution in [0.1, 0.15) is 23.5 Å². The third kappa shape index (κ3) is 2.21. The van der Waals surface area contributed by atoms with Crippen molar-refractivity contribution in [3.63, 3.8) is 0 Å². The van der Waals surface area contributed by atoms with E-state index < -0.39 is 0 Å². The third-order valence-electron chi connectivity index (χ3n) is 2.75. The lowest BCUT2D eigenvalue weighted by molar-refractivity contribution is -0.141. The van der Waals surface area contributed by atoms with E-state index in [9.17, 15) is 4.79 Å². The van der Waals surface area contributed by atoms with Gasteiger partial charge in [-0.25, -0.2) is 0 Å². The van der Waals surface area contributed by atoms with Crippen LogP contribution in [0.3, 0.4) is 0 Å². The summed E-state index contributed by atoms with van der Waals surface area (Å²) in [7, 11) is 1.41. The van der Waals surface area contributed by atoms with Gasteiger partial charge in [0.25, 0.3) is 0 Å². The Morgan fingerprint density at radius 2 is 2.44 bits per heavy atom. The standard InChI is InChI=1S/C12H13BrO3/c1-15-12(14)5-9-7-16-11-4-8(6-13)2-3-10(9)11/h2-4,9H,5-7H2,1H3. The van der Waals surface area contributed by atoms with Gasteiger partial charge in [-0.2, -0.15) is 0 Å². The molecule has 4 heteroatoms. The van der Waals surface area contributed by atoms with Crippen molar-refractivity contribution in [3.8, 4) is 5.75 Å². The van der Waals surface area contributed by atoms with Crippen molar-refractivity contribution in [2.45, 2.75) is 17.7 Å². The summed E-state index contributed by atoms with van der Waals surface area (Å²) in [6.45, 7) is 0.566. The van der Waals surface area contributed by atoms with E-state index >= 15 is 0 Å². The average molecular weight is 285 g/mol. The van der Waals surface area contributed by atoms with E-state index in [0.717, 1.165) is 16.6 Å². The number of fused-ring (bicyclic) bond motifs is 1. The quantitative estimate of drug-likeness (QED) is 0.632. The summed E-state index contributed by atoms with van der Waals surface area (Å²) >= 11 is 3.40. The number of esters is 1. The van der Waals surface area contributed by atoms with Crippen molar-refractivity contribution >= 4 is 21.9 Å². The summed E-state index contributed by atoms with van der Waals surface area (Å²) in [5.41, 5.74) is 2.28. The molecular weight excluding hydrogens is 272 g/mol. The number of rotatable bonds is 3. The van der Waals surface area contributed by atoms with Crippen LogP contribution in [0.2, 0.25) is 0 Å². The van der Waals surface area contributed by atoms with Gasteiger partial charge < -0.3 is 9.47 Å². The normalized spacial score (nSPS) is 17.8. The highest BCUT2D eigenvalue weighted by Gasteiger charge is 2.26. The molecule has 0 bridgehead atoms. The Bertz CT molecular complexity index is 403. The van der Waals surface area contributed by atoms with Crippen LogP contribution in [0.25, 0.3) is 0 Å². The molecule has 1 heterocycles. The summed E-state index contributed by atoms with van der Waals surface area (Å²) < 4.78 is 10.2. The Morgan fingerprint density at radius 3 is 3.12 bits per heavy atom. The predicted octanol–water partition coefficient (Wildman–Crippen LogP) is 2.62. The van der Waals surface area contributed by atoms with Crippen molar-refractivity contribution in [1.82, 2.24) is 0 Å². The zero-order valence-electron chi connectivity index (χ0n) is 9.03. The molecule has 0 radical (unpaired) electrons. The molecule has 1 aromatic rings. The summed E-state index contributed by atoms with van der Waals surface area (Å²) in [5, 5.41) is 0.811. The van der Waals surface area contributed by atoms with Crippen LogP contribution < -0.4 is 4.74 Å². The highest BCUT2D eigenvalue weighted by molar-refractivity contribution is 9.08. The van der Waals surface area contributed by atoms with Crippen molar-refractivity contribution < 1.29 is 14.3 Å². The first-order chi connectivity index (χ1) is 7.74. The second-order valence-corrected chi connectivity index (χ2v) is 4.35. The molecule has 1 aliphatic heterocycles.